The monoisotopic (exact) mass is 404 g/mol. The van der Waals surface area contributed by atoms with Crippen LogP contribution in [-0.4, -0.2) is 32.4 Å². The minimum absolute atomic E-state index is 0.0217. The summed E-state index contributed by atoms with van der Waals surface area (Å²) in [7, 11) is -1.73. The molecule has 1 aliphatic heterocycles. The SMILES string of the molecule is CC(C)(C)[Si](C)(C)O[C@H]1CC[C@H]2[C@@H]3CC[C@H]4CC(=O)[C@H]5O[C@H]5[C@@H]4[C@H]3CC[C@]12C. The van der Waals surface area contributed by atoms with Crippen LogP contribution in [0.5, 0.6) is 0 Å². The number of carbonyl (C=O) groups is 1. The van der Waals surface area contributed by atoms with E-state index in [0.717, 1.165) is 24.2 Å². The fraction of sp³-hybridized carbons (Fsp3) is 0.958. The predicted octanol–water partition coefficient (Wildman–Crippen LogP) is 5.59. The molecule has 5 fully saturated rings. The van der Waals surface area contributed by atoms with Gasteiger partial charge in [0.25, 0.3) is 0 Å². The molecule has 5 rings (SSSR count). The van der Waals surface area contributed by atoms with Crippen molar-refractivity contribution in [3.63, 3.8) is 0 Å². The summed E-state index contributed by atoms with van der Waals surface area (Å²) in [5.74, 6) is 4.14. The first-order valence-corrected chi connectivity index (χ1v) is 14.8. The van der Waals surface area contributed by atoms with Crippen molar-refractivity contribution in [1.82, 2.24) is 0 Å². The summed E-state index contributed by atoms with van der Waals surface area (Å²) in [6, 6.07) is 0. The maximum atomic E-state index is 12.2. The van der Waals surface area contributed by atoms with E-state index in [1.165, 1.54) is 38.5 Å². The van der Waals surface area contributed by atoms with Gasteiger partial charge in [0.05, 0.1) is 12.2 Å². The van der Waals surface area contributed by atoms with Crippen LogP contribution in [0.15, 0.2) is 0 Å². The van der Waals surface area contributed by atoms with E-state index in [2.05, 4.69) is 40.8 Å². The van der Waals surface area contributed by atoms with Crippen molar-refractivity contribution >= 4 is 14.1 Å². The van der Waals surface area contributed by atoms with Crippen molar-refractivity contribution in [2.75, 3.05) is 0 Å². The highest BCUT2D eigenvalue weighted by atomic mass is 28.4. The van der Waals surface area contributed by atoms with Crippen LogP contribution in [0.25, 0.3) is 0 Å². The van der Waals surface area contributed by atoms with Gasteiger partial charge in [0, 0.05) is 6.42 Å². The highest BCUT2D eigenvalue weighted by Crippen LogP contribution is 2.65. The molecule has 0 amide bonds. The van der Waals surface area contributed by atoms with E-state index in [1.54, 1.807) is 0 Å². The molecule has 0 aromatic heterocycles. The van der Waals surface area contributed by atoms with Crippen molar-refractivity contribution in [2.45, 2.75) is 109 Å². The first kappa shape index (κ1) is 19.8. The first-order valence-electron chi connectivity index (χ1n) is 11.9. The molecule has 4 aliphatic carbocycles. The smallest absolute Gasteiger partial charge is 0.192 e. The highest BCUT2D eigenvalue weighted by Gasteiger charge is 2.64. The summed E-state index contributed by atoms with van der Waals surface area (Å²) in [6.45, 7) is 14.5. The van der Waals surface area contributed by atoms with E-state index < -0.39 is 8.32 Å². The Morgan fingerprint density at radius 2 is 1.82 bits per heavy atom. The third-order valence-electron chi connectivity index (χ3n) is 10.2. The molecule has 158 valence electrons. The van der Waals surface area contributed by atoms with Crippen LogP contribution >= 0.6 is 0 Å². The van der Waals surface area contributed by atoms with E-state index >= 15 is 0 Å². The van der Waals surface area contributed by atoms with Crippen molar-refractivity contribution in [1.29, 1.82) is 0 Å². The molecule has 9 atom stereocenters. The number of epoxide rings is 1. The predicted molar refractivity (Wildman–Crippen MR) is 114 cm³/mol. The largest absolute Gasteiger partial charge is 0.413 e. The second-order valence-corrected chi connectivity index (χ2v) is 17.3. The molecule has 3 nitrogen and oxygen atoms in total. The lowest BCUT2D eigenvalue weighted by atomic mass is 9.50. The Morgan fingerprint density at radius 3 is 2.54 bits per heavy atom. The molecule has 1 saturated heterocycles. The van der Waals surface area contributed by atoms with Crippen LogP contribution in [0.1, 0.15) is 72.6 Å². The molecule has 0 spiro atoms. The van der Waals surface area contributed by atoms with Crippen molar-refractivity contribution in [3.8, 4) is 0 Å². The lowest BCUT2D eigenvalue weighted by Gasteiger charge is -2.55. The molecule has 0 aromatic carbocycles. The molecule has 4 heteroatoms. The van der Waals surface area contributed by atoms with Gasteiger partial charge in [-0.1, -0.05) is 27.7 Å². The lowest BCUT2D eigenvalue weighted by molar-refractivity contribution is -0.125. The molecule has 0 aromatic rings. The van der Waals surface area contributed by atoms with Gasteiger partial charge in [-0.2, -0.15) is 0 Å². The number of ether oxygens (including phenoxy) is 1. The Morgan fingerprint density at radius 1 is 1.07 bits per heavy atom. The second kappa shape index (κ2) is 6.17. The molecular weight excluding hydrogens is 364 g/mol. The van der Waals surface area contributed by atoms with Gasteiger partial charge in [-0.15, -0.1) is 0 Å². The molecule has 1 heterocycles. The van der Waals surface area contributed by atoms with E-state index in [-0.39, 0.29) is 17.2 Å². The van der Waals surface area contributed by atoms with Gasteiger partial charge in [-0.3, -0.25) is 4.79 Å². The van der Waals surface area contributed by atoms with E-state index in [9.17, 15) is 4.79 Å². The molecule has 0 bridgehead atoms. The Hall–Kier alpha value is -0.193. The fourth-order valence-corrected chi connectivity index (χ4v) is 9.09. The van der Waals surface area contributed by atoms with Gasteiger partial charge in [-0.05, 0) is 91.7 Å². The third kappa shape index (κ3) is 2.76. The summed E-state index contributed by atoms with van der Waals surface area (Å²) in [5.41, 5.74) is 0.359. The molecule has 0 radical (unpaired) electrons. The van der Waals surface area contributed by atoms with Crippen molar-refractivity contribution in [2.24, 2.45) is 35.0 Å². The molecule has 0 unspecified atom stereocenters. The van der Waals surface area contributed by atoms with Crippen LogP contribution in [-0.2, 0) is 14.0 Å². The lowest BCUT2D eigenvalue weighted by Crippen LogP contribution is -2.53. The summed E-state index contributed by atoms with van der Waals surface area (Å²) < 4.78 is 12.9. The first-order chi connectivity index (χ1) is 13.0. The van der Waals surface area contributed by atoms with Crippen LogP contribution in [0.4, 0.5) is 0 Å². The zero-order valence-corrected chi connectivity index (χ0v) is 19.8. The Balaban J connectivity index is 1.35. The second-order valence-electron chi connectivity index (χ2n) is 12.5. The fourth-order valence-electron chi connectivity index (χ4n) is 7.64. The number of ketones is 1. The summed E-state index contributed by atoms with van der Waals surface area (Å²) in [4.78, 5) is 12.2. The van der Waals surface area contributed by atoms with Gasteiger partial charge in [-0.25, -0.2) is 0 Å². The Labute approximate surface area is 172 Å². The average Bonchev–Trinajstić information content (AvgIpc) is 3.33. The number of carbonyl (C=O) groups excluding carboxylic acids is 1. The van der Waals surface area contributed by atoms with Crippen LogP contribution in [0, 0.1) is 35.0 Å². The molecule has 4 saturated carbocycles. The van der Waals surface area contributed by atoms with Gasteiger partial charge in [0.1, 0.15) is 6.10 Å². The maximum Gasteiger partial charge on any atom is 0.192 e. The standard InChI is InChI=1S/C24H40O3Si/c1-23(2,3)28(5,6)27-19-10-9-17-15-8-7-14-13-18(25)21-22(26-21)20(14)16(15)11-12-24(17,19)4/h14-17,19-22H,7-13H2,1-6H3/t14-,15+,16-,17-,19-,20-,21+,22-,24-/m0/s1. The number of hydrogen-bond acceptors (Lipinski definition) is 3. The van der Waals surface area contributed by atoms with Gasteiger partial charge in [0.2, 0.25) is 0 Å². The average molecular weight is 405 g/mol. The van der Waals surface area contributed by atoms with Crippen LogP contribution in [0.3, 0.4) is 0 Å². The normalized spacial score (nSPS) is 50.4. The Bertz CT molecular complexity index is 667. The number of hydrogen-bond donors (Lipinski definition) is 0. The van der Waals surface area contributed by atoms with Crippen LogP contribution in [0.2, 0.25) is 18.1 Å². The van der Waals surface area contributed by atoms with E-state index in [0.29, 0.717) is 29.1 Å². The van der Waals surface area contributed by atoms with Gasteiger partial charge < -0.3 is 9.16 Å². The number of Topliss-reactive ketones (excluding diaryl/α,β-unsaturated/α-hetero) is 1. The molecule has 0 N–H and O–H groups in total. The highest BCUT2D eigenvalue weighted by molar-refractivity contribution is 6.74. The number of rotatable bonds is 2. The van der Waals surface area contributed by atoms with Crippen molar-refractivity contribution < 1.29 is 14.0 Å². The summed E-state index contributed by atoms with van der Waals surface area (Å²) in [6.07, 6.45) is 9.35. The molecule has 5 aliphatic rings. The zero-order chi connectivity index (χ0) is 20.1. The van der Waals surface area contributed by atoms with E-state index in [4.69, 9.17) is 9.16 Å². The topological polar surface area (TPSA) is 38.8 Å². The molecule has 28 heavy (non-hydrogen) atoms. The van der Waals surface area contributed by atoms with Gasteiger partial charge >= 0.3 is 0 Å². The maximum absolute atomic E-state index is 12.2. The van der Waals surface area contributed by atoms with Gasteiger partial charge in [0.15, 0.2) is 14.1 Å². The summed E-state index contributed by atoms with van der Waals surface area (Å²) in [5, 5.41) is 0.281. The van der Waals surface area contributed by atoms with E-state index in [1.807, 2.05) is 0 Å². The van der Waals surface area contributed by atoms with Crippen molar-refractivity contribution in [3.05, 3.63) is 0 Å². The minimum Gasteiger partial charge on any atom is -0.413 e. The summed E-state index contributed by atoms with van der Waals surface area (Å²) >= 11 is 0. The quantitative estimate of drug-likeness (QED) is 0.445. The minimum atomic E-state index is -1.73. The van der Waals surface area contributed by atoms with Crippen LogP contribution < -0.4 is 0 Å². The number of fused-ring (bicyclic) bond motifs is 7. The Kier molecular flexibility index (Phi) is 4.35. The zero-order valence-electron chi connectivity index (χ0n) is 18.8. The molecular formula is C24H40O3Si. The third-order valence-corrected chi connectivity index (χ3v) is 14.7.